The molecule has 1 aromatic heterocycles. The molecule has 16 heavy (non-hydrogen) atoms. The van der Waals surface area contributed by atoms with Gasteiger partial charge in [-0.1, -0.05) is 0 Å². The fraction of sp³-hybridized carbons (Fsp3) is 0.636. The average molecular weight is 240 g/mol. The fourth-order valence-corrected chi connectivity index (χ4v) is 2.76. The van der Waals surface area contributed by atoms with E-state index in [9.17, 15) is 4.79 Å². The van der Waals surface area contributed by atoms with Gasteiger partial charge in [-0.25, -0.2) is 4.98 Å². The minimum Gasteiger partial charge on any atom is -0.469 e. The summed E-state index contributed by atoms with van der Waals surface area (Å²) in [5, 5.41) is 1.09. The molecule has 0 spiro atoms. The van der Waals surface area contributed by atoms with Gasteiger partial charge in [-0.05, 0) is 19.3 Å². The number of rotatable bonds is 4. The zero-order valence-electron chi connectivity index (χ0n) is 9.44. The summed E-state index contributed by atoms with van der Waals surface area (Å²) in [7, 11) is 1.42. The summed E-state index contributed by atoms with van der Waals surface area (Å²) >= 11 is 1.69. The van der Waals surface area contributed by atoms with Crippen LogP contribution in [0, 0.1) is 0 Å². The van der Waals surface area contributed by atoms with E-state index in [0.717, 1.165) is 29.5 Å². The minimum atomic E-state index is -0.156. The lowest BCUT2D eigenvalue weighted by atomic mass is 10.3. The molecule has 1 fully saturated rings. The lowest BCUT2D eigenvalue weighted by Gasteiger charge is -2.11. The van der Waals surface area contributed by atoms with E-state index < -0.39 is 0 Å². The number of anilines is 1. The largest absolute Gasteiger partial charge is 0.469 e. The predicted molar refractivity (Wildman–Crippen MR) is 63.9 cm³/mol. The third-order valence-corrected chi connectivity index (χ3v) is 3.84. The zero-order chi connectivity index (χ0) is 11.4. The van der Waals surface area contributed by atoms with Crippen LogP contribution in [0.25, 0.3) is 0 Å². The van der Waals surface area contributed by atoms with Gasteiger partial charge in [0.25, 0.3) is 0 Å². The Morgan fingerprint density at radius 2 is 2.31 bits per heavy atom. The number of nitrogens with zero attached hydrogens (tertiary/aromatic N) is 2. The standard InChI is InChI=1S/C11H16N2O2S/c1-15-10(14)5-4-9-8-12-11(16-9)13-6-2-3-7-13/h8H,2-7H2,1H3. The molecule has 1 saturated heterocycles. The molecule has 4 nitrogen and oxygen atoms in total. The maximum atomic E-state index is 11.0. The van der Waals surface area contributed by atoms with Gasteiger partial charge in [0.1, 0.15) is 0 Å². The highest BCUT2D eigenvalue weighted by atomic mass is 32.1. The Bertz CT molecular complexity index is 359. The highest BCUT2D eigenvalue weighted by molar-refractivity contribution is 7.15. The third kappa shape index (κ3) is 2.72. The Hall–Kier alpha value is -1.10. The minimum absolute atomic E-state index is 0.156. The molecular formula is C11H16N2O2S. The first-order valence-electron chi connectivity index (χ1n) is 5.56. The van der Waals surface area contributed by atoms with Crippen molar-refractivity contribution in [3.05, 3.63) is 11.1 Å². The van der Waals surface area contributed by atoms with E-state index in [0.29, 0.717) is 6.42 Å². The van der Waals surface area contributed by atoms with Gasteiger partial charge < -0.3 is 9.64 Å². The van der Waals surface area contributed by atoms with Crippen molar-refractivity contribution >= 4 is 22.4 Å². The Labute approximate surface area is 99.2 Å². The number of ether oxygens (including phenoxy) is 1. The smallest absolute Gasteiger partial charge is 0.305 e. The third-order valence-electron chi connectivity index (χ3n) is 2.72. The number of thiazole rings is 1. The molecular weight excluding hydrogens is 224 g/mol. The van der Waals surface area contributed by atoms with Crippen LogP contribution in [0.3, 0.4) is 0 Å². The van der Waals surface area contributed by atoms with Crippen LogP contribution in [0.15, 0.2) is 6.20 Å². The molecule has 1 aliphatic rings. The van der Waals surface area contributed by atoms with Gasteiger partial charge in [-0.3, -0.25) is 4.79 Å². The summed E-state index contributed by atoms with van der Waals surface area (Å²) in [6, 6.07) is 0. The number of carbonyl (C=O) groups excluding carboxylic acids is 1. The molecule has 0 saturated carbocycles. The summed E-state index contributed by atoms with van der Waals surface area (Å²) in [6.45, 7) is 2.23. The number of aryl methyl sites for hydroxylation is 1. The zero-order valence-corrected chi connectivity index (χ0v) is 10.3. The molecule has 0 atom stereocenters. The quantitative estimate of drug-likeness (QED) is 0.753. The van der Waals surface area contributed by atoms with Gasteiger partial charge in [0.2, 0.25) is 0 Å². The second kappa shape index (κ2) is 5.30. The molecule has 1 aromatic rings. The van der Waals surface area contributed by atoms with Crippen LogP contribution in [-0.2, 0) is 16.0 Å². The first-order chi connectivity index (χ1) is 7.79. The highest BCUT2D eigenvalue weighted by Gasteiger charge is 2.15. The van der Waals surface area contributed by atoms with Crippen molar-refractivity contribution in [2.75, 3.05) is 25.1 Å². The van der Waals surface area contributed by atoms with Crippen molar-refractivity contribution in [2.45, 2.75) is 25.7 Å². The second-order valence-corrected chi connectivity index (χ2v) is 4.97. The molecule has 0 unspecified atom stereocenters. The highest BCUT2D eigenvalue weighted by Crippen LogP contribution is 2.26. The monoisotopic (exact) mass is 240 g/mol. The predicted octanol–water partition coefficient (Wildman–Crippen LogP) is 1.85. The number of carbonyl (C=O) groups is 1. The van der Waals surface area contributed by atoms with Crippen molar-refractivity contribution in [1.82, 2.24) is 4.98 Å². The summed E-state index contributed by atoms with van der Waals surface area (Å²) < 4.78 is 4.61. The SMILES string of the molecule is COC(=O)CCc1cnc(N2CCCC2)s1. The number of hydrogen-bond acceptors (Lipinski definition) is 5. The molecule has 0 N–H and O–H groups in total. The summed E-state index contributed by atoms with van der Waals surface area (Å²) in [5.41, 5.74) is 0. The van der Waals surface area contributed by atoms with Gasteiger partial charge in [-0.2, -0.15) is 0 Å². The molecule has 5 heteroatoms. The van der Waals surface area contributed by atoms with E-state index in [1.54, 1.807) is 11.3 Å². The maximum Gasteiger partial charge on any atom is 0.305 e. The Kier molecular flexibility index (Phi) is 3.77. The molecule has 88 valence electrons. The van der Waals surface area contributed by atoms with Gasteiger partial charge in [0.15, 0.2) is 5.13 Å². The summed E-state index contributed by atoms with van der Waals surface area (Å²) in [6.07, 6.45) is 5.58. The van der Waals surface area contributed by atoms with Crippen molar-refractivity contribution in [2.24, 2.45) is 0 Å². The van der Waals surface area contributed by atoms with Crippen LogP contribution in [0.4, 0.5) is 5.13 Å². The van der Waals surface area contributed by atoms with E-state index in [4.69, 9.17) is 0 Å². The Morgan fingerprint density at radius 1 is 1.56 bits per heavy atom. The fourth-order valence-electron chi connectivity index (χ4n) is 1.79. The van der Waals surface area contributed by atoms with Crippen molar-refractivity contribution in [3.63, 3.8) is 0 Å². The topological polar surface area (TPSA) is 42.4 Å². The van der Waals surface area contributed by atoms with Crippen molar-refractivity contribution in [1.29, 1.82) is 0 Å². The van der Waals surface area contributed by atoms with E-state index in [1.165, 1.54) is 20.0 Å². The van der Waals surface area contributed by atoms with E-state index in [1.807, 2.05) is 6.20 Å². The Balaban J connectivity index is 1.89. The molecule has 0 aromatic carbocycles. The second-order valence-electron chi connectivity index (χ2n) is 3.88. The molecule has 0 amide bonds. The van der Waals surface area contributed by atoms with E-state index in [-0.39, 0.29) is 5.97 Å². The van der Waals surface area contributed by atoms with Gasteiger partial charge >= 0.3 is 5.97 Å². The summed E-state index contributed by atoms with van der Waals surface area (Å²) in [4.78, 5) is 18.9. The van der Waals surface area contributed by atoms with Crippen LogP contribution < -0.4 is 4.90 Å². The van der Waals surface area contributed by atoms with Gasteiger partial charge in [-0.15, -0.1) is 11.3 Å². The van der Waals surface area contributed by atoms with Crippen LogP contribution in [0.1, 0.15) is 24.1 Å². The number of methoxy groups -OCH3 is 1. The van der Waals surface area contributed by atoms with Gasteiger partial charge in [0.05, 0.1) is 13.5 Å². The normalized spacial score (nSPS) is 15.4. The molecule has 1 aliphatic heterocycles. The summed E-state index contributed by atoms with van der Waals surface area (Å²) in [5.74, 6) is -0.156. The number of esters is 1. The molecule has 0 aliphatic carbocycles. The maximum absolute atomic E-state index is 11.0. The van der Waals surface area contributed by atoms with Crippen molar-refractivity contribution < 1.29 is 9.53 Å². The van der Waals surface area contributed by atoms with E-state index >= 15 is 0 Å². The number of aromatic nitrogens is 1. The van der Waals surface area contributed by atoms with Gasteiger partial charge in [0, 0.05) is 24.2 Å². The van der Waals surface area contributed by atoms with E-state index in [2.05, 4.69) is 14.6 Å². The Morgan fingerprint density at radius 3 is 3.00 bits per heavy atom. The first-order valence-corrected chi connectivity index (χ1v) is 6.37. The lowest BCUT2D eigenvalue weighted by Crippen LogP contribution is -2.16. The average Bonchev–Trinajstić information content (AvgIpc) is 2.95. The number of hydrogen-bond donors (Lipinski definition) is 0. The molecule has 2 heterocycles. The molecule has 0 radical (unpaired) electrons. The van der Waals surface area contributed by atoms with Crippen LogP contribution in [-0.4, -0.2) is 31.2 Å². The van der Waals surface area contributed by atoms with Crippen LogP contribution in [0.5, 0.6) is 0 Å². The molecule has 2 rings (SSSR count). The first kappa shape index (κ1) is 11.4. The van der Waals surface area contributed by atoms with Crippen LogP contribution >= 0.6 is 11.3 Å². The van der Waals surface area contributed by atoms with Crippen LogP contribution in [0.2, 0.25) is 0 Å². The van der Waals surface area contributed by atoms with Crippen molar-refractivity contribution in [3.8, 4) is 0 Å². The lowest BCUT2D eigenvalue weighted by molar-refractivity contribution is -0.140. The molecule has 0 bridgehead atoms.